The summed E-state index contributed by atoms with van der Waals surface area (Å²) in [4.78, 5) is 42.9. The maximum absolute atomic E-state index is 13.1. The first kappa shape index (κ1) is 20.4. The Morgan fingerprint density at radius 3 is 2.55 bits per heavy atom. The van der Waals surface area contributed by atoms with Crippen LogP contribution < -0.4 is 11.0 Å². The van der Waals surface area contributed by atoms with Crippen molar-refractivity contribution in [1.29, 1.82) is 0 Å². The summed E-state index contributed by atoms with van der Waals surface area (Å²) in [6.07, 6.45) is 1.36. The molecule has 0 unspecified atom stereocenters. The summed E-state index contributed by atoms with van der Waals surface area (Å²) in [6, 6.07) is 17.8. The van der Waals surface area contributed by atoms with Crippen LogP contribution in [0.15, 0.2) is 76.2 Å². The molecule has 8 nitrogen and oxygen atoms in total. The molecule has 164 valence electrons. The van der Waals surface area contributed by atoms with Gasteiger partial charge in [0.05, 0.1) is 12.9 Å². The van der Waals surface area contributed by atoms with E-state index in [2.05, 4.69) is 10.4 Å². The molecule has 0 bridgehead atoms. The van der Waals surface area contributed by atoms with Gasteiger partial charge in [0.15, 0.2) is 5.78 Å². The van der Waals surface area contributed by atoms with Crippen LogP contribution in [0.3, 0.4) is 0 Å². The predicted octanol–water partition coefficient (Wildman–Crippen LogP) is 3.83. The quantitative estimate of drug-likeness (QED) is 0.419. The number of hydrogen-bond donors (Lipinski definition) is 1. The van der Waals surface area contributed by atoms with Crippen LogP contribution in [0.2, 0.25) is 0 Å². The van der Waals surface area contributed by atoms with Crippen molar-refractivity contribution in [2.75, 3.05) is 5.43 Å². The van der Waals surface area contributed by atoms with Gasteiger partial charge in [0.1, 0.15) is 11.1 Å². The van der Waals surface area contributed by atoms with Crippen LogP contribution in [0.4, 0.5) is 0 Å². The topological polar surface area (TPSA) is 99.1 Å². The molecule has 33 heavy (non-hydrogen) atoms. The van der Waals surface area contributed by atoms with Crippen LogP contribution in [0.5, 0.6) is 0 Å². The van der Waals surface area contributed by atoms with E-state index in [-0.39, 0.29) is 23.8 Å². The van der Waals surface area contributed by atoms with E-state index in [0.29, 0.717) is 33.6 Å². The van der Waals surface area contributed by atoms with Crippen LogP contribution >= 0.6 is 0 Å². The average molecular weight is 440 g/mol. The molecule has 1 N–H and O–H groups in total. The third-order valence-corrected chi connectivity index (χ3v) is 5.65. The number of rotatable bonds is 5. The van der Waals surface area contributed by atoms with Crippen molar-refractivity contribution in [2.24, 2.45) is 0 Å². The molecule has 0 atom stereocenters. The van der Waals surface area contributed by atoms with Gasteiger partial charge in [0.2, 0.25) is 5.58 Å². The fourth-order valence-electron chi connectivity index (χ4n) is 3.94. The SMILES string of the molecule is Cc1cc(C(=O)Cn2cnc3c(oc4ccccc43)c2=O)c(C)n1NC(=O)c1ccccc1. The standard InChI is InChI=1S/C25H20N4O4/c1-15-12-19(16(2)29(15)27-24(31)17-8-4-3-5-9-17)20(30)13-28-14-26-22-18-10-6-7-11-21(18)33-23(22)25(28)32/h3-12,14H,13H2,1-2H3,(H,27,31). The second-order valence-corrected chi connectivity index (χ2v) is 7.80. The lowest BCUT2D eigenvalue weighted by Crippen LogP contribution is -2.26. The number of carbonyl (C=O) groups is 2. The molecule has 2 aromatic carbocycles. The molecule has 0 aliphatic carbocycles. The molecular formula is C25H20N4O4. The van der Waals surface area contributed by atoms with Gasteiger partial charge in [-0.15, -0.1) is 0 Å². The number of aromatic nitrogens is 3. The zero-order chi connectivity index (χ0) is 23.1. The number of benzene rings is 2. The number of para-hydroxylation sites is 1. The Balaban J connectivity index is 1.43. The summed E-state index contributed by atoms with van der Waals surface area (Å²) in [7, 11) is 0. The van der Waals surface area contributed by atoms with Crippen molar-refractivity contribution in [1.82, 2.24) is 14.2 Å². The smallest absolute Gasteiger partial charge is 0.297 e. The van der Waals surface area contributed by atoms with E-state index in [9.17, 15) is 14.4 Å². The average Bonchev–Trinajstić information content (AvgIpc) is 3.34. The van der Waals surface area contributed by atoms with Gasteiger partial charge >= 0.3 is 0 Å². The van der Waals surface area contributed by atoms with Crippen molar-refractivity contribution in [2.45, 2.75) is 20.4 Å². The zero-order valence-corrected chi connectivity index (χ0v) is 18.0. The largest absolute Gasteiger partial charge is 0.448 e. The third-order valence-electron chi connectivity index (χ3n) is 5.65. The molecule has 5 aromatic rings. The highest BCUT2D eigenvalue weighted by Gasteiger charge is 2.20. The minimum atomic E-state index is -0.421. The highest BCUT2D eigenvalue weighted by atomic mass is 16.3. The zero-order valence-electron chi connectivity index (χ0n) is 18.0. The van der Waals surface area contributed by atoms with Crippen LogP contribution in [0.25, 0.3) is 22.1 Å². The first-order valence-corrected chi connectivity index (χ1v) is 10.4. The molecule has 0 spiro atoms. The second kappa shape index (κ2) is 7.90. The van der Waals surface area contributed by atoms with Crippen LogP contribution in [0.1, 0.15) is 32.1 Å². The number of hydrogen-bond acceptors (Lipinski definition) is 5. The van der Waals surface area contributed by atoms with E-state index in [1.807, 2.05) is 24.3 Å². The van der Waals surface area contributed by atoms with Gasteiger partial charge in [-0.2, -0.15) is 0 Å². The molecule has 0 saturated carbocycles. The number of aryl methyl sites for hydroxylation is 1. The van der Waals surface area contributed by atoms with E-state index >= 15 is 0 Å². The fraction of sp³-hybridized carbons (Fsp3) is 0.120. The van der Waals surface area contributed by atoms with Gasteiger partial charge in [-0.25, -0.2) is 4.98 Å². The number of furan rings is 1. The van der Waals surface area contributed by atoms with Gasteiger partial charge in [-0.3, -0.25) is 29.1 Å². The fourth-order valence-corrected chi connectivity index (χ4v) is 3.94. The molecule has 0 fully saturated rings. The van der Waals surface area contributed by atoms with Crippen LogP contribution in [-0.2, 0) is 6.54 Å². The van der Waals surface area contributed by atoms with Crippen molar-refractivity contribution in [3.63, 3.8) is 0 Å². The number of carbonyl (C=O) groups excluding carboxylic acids is 2. The Hall–Kier alpha value is -4.46. The first-order valence-electron chi connectivity index (χ1n) is 10.4. The lowest BCUT2D eigenvalue weighted by Gasteiger charge is -2.12. The van der Waals surface area contributed by atoms with Crippen molar-refractivity contribution < 1.29 is 14.0 Å². The normalized spacial score (nSPS) is 11.2. The summed E-state index contributed by atoms with van der Waals surface area (Å²) < 4.78 is 8.50. The lowest BCUT2D eigenvalue weighted by molar-refractivity contribution is 0.0966. The highest BCUT2D eigenvalue weighted by Crippen LogP contribution is 2.24. The molecule has 0 aliphatic rings. The van der Waals surface area contributed by atoms with Crippen molar-refractivity contribution >= 4 is 33.8 Å². The van der Waals surface area contributed by atoms with Crippen LogP contribution in [-0.4, -0.2) is 25.9 Å². The number of Topliss-reactive ketones (excluding diaryl/α,β-unsaturated/α-hetero) is 1. The van der Waals surface area contributed by atoms with E-state index in [0.717, 1.165) is 5.39 Å². The molecule has 0 saturated heterocycles. The monoisotopic (exact) mass is 440 g/mol. The molecule has 0 aliphatic heterocycles. The number of nitrogens with one attached hydrogen (secondary N) is 1. The number of nitrogens with zero attached hydrogens (tertiary/aromatic N) is 3. The van der Waals surface area contributed by atoms with Crippen molar-refractivity contribution in [3.8, 4) is 0 Å². The Kier molecular flexibility index (Phi) is 4.90. The van der Waals surface area contributed by atoms with E-state index in [1.54, 1.807) is 54.9 Å². The molecule has 0 radical (unpaired) electrons. The highest BCUT2D eigenvalue weighted by molar-refractivity contribution is 6.02. The summed E-state index contributed by atoms with van der Waals surface area (Å²) in [5.41, 5.74) is 5.75. The van der Waals surface area contributed by atoms with Gasteiger partial charge < -0.3 is 4.42 Å². The first-order chi connectivity index (χ1) is 15.9. The summed E-state index contributed by atoms with van der Waals surface area (Å²) in [6.45, 7) is 3.34. The van der Waals surface area contributed by atoms with Gasteiger partial charge in [0.25, 0.3) is 11.5 Å². The minimum Gasteiger partial charge on any atom is -0.448 e. The summed E-state index contributed by atoms with van der Waals surface area (Å²) in [5.74, 6) is -0.560. The number of ketones is 1. The predicted molar refractivity (Wildman–Crippen MR) is 124 cm³/mol. The number of fused-ring (bicyclic) bond motifs is 3. The Bertz CT molecular complexity index is 1590. The van der Waals surface area contributed by atoms with E-state index < -0.39 is 5.56 Å². The third kappa shape index (κ3) is 3.51. The second-order valence-electron chi connectivity index (χ2n) is 7.80. The molecule has 8 heteroatoms. The Morgan fingerprint density at radius 1 is 1.03 bits per heavy atom. The number of amides is 1. The summed E-state index contributed by atoms with van der Waals surface area (Å²) >= 11 is 0. The molecule has 1 amide bonds. The molecule has 3 heterocycles. The van der Waals surface area contributed by atoms with Gasteiger partial charge in [-0.05, 0) is 44.2 Å². The Labute approximate surface area is 188 Å². The maximum Gasteiger partial charge on any atom is 0.297 e. The molecular weight excluding hydrogens is 420 g/mol. The van der Waals surface area contributed by atoms with Gasteiger partial charge in [-0.1, -0.05) is 30.3 Å². The Morgan fingerprint density at radius 2 is 1.76 bits per heavy atom. The van der Waals surface area contributed by atoms with E-state index in [1.165, 1.54) is 10.9 Å². The maximum atomic E-state index is 13.1. The van der Waals surface area contributed by atoms with Gasteiger partial charge in [0, 0.05) is 27.9 Å². The molecule has 3 aromatic heterocycles. The van der Waals surface area contributed by atoms with Crippen molar-refractivity contribution in [3.05, 3.63) is 99.9 Å². The van der Waals surface area contributed by atoms with E-state index in [4.69, 9.17) is 4.42 Å². The molecule has 5 rings (SSSR count). The van der Waals surface area contributed by atoms with Crippen LogP contribution in [0, 0.1) is 13.8 Å². The minimum absolute atomic E-state index is 0.118. The summed E-state index contributed by atoms with van der Waals surface area (Å²) in [5, 5.41) is 0.751. The lowest BCUT2D eigenvalue weighted by atomic mass is 10.1.